The standard InChI is InChI=1S/C18H32N6O2/c1-4-23(5-2)18(25)24-8-6-7-15(13-24)17-20-19-16(21(17)3)14-22-9-11-26-12-10-22/h15H,4-14H2,1-3H3/t15-/m0/s1. The van der Waals surface area contributed by atoms with E-state index in [4.69, 9.17) is 4.74 Å². The molecule has 3 rings (SSSR count). The van der Waals surface area contributed by atoms with Crippen LogP contribution >= 0.6 is 0 Å². The Kier molecular flexibility index (Phi) is 6.48. The summed E-state index contributed by atoms with van der Waals surface area (Å²) < 4.78 is 7.54. The summed E-state index contributed by atoms with van der Waals surface area (Å²) in [5.41, 5.74) is 0. The molecule has 0 radical (unpaired) electrons. The molecule has 1 aromatic rings. The van der Waals surface area contributed by atoms with Gasteiger partial charge in [-0.05, 0) is 26.7 Å². The minimum absolute atomic E-state index is 0.149. The molecule has 0 N–H and O–H groups in total. The molecule has 3 heterocycles. The average Bonchev–Trinajstić information content (AvgIpc) is 3.04. The smallest absolute Gasteiger partial charge is 0.320 e. The summed E-state index contributed by atoms with van der Waals surface area (Å²) in [4.78, 5) is 18.9. The number of carbonyl (C=O) groups is 1. The van der Waals surface area contributed by atoms with Crippen molar-refractivity contribution in [2.24, 2.45) is 7.05 Å². The van der Waals surface area contributed by atoms with Crippen LogP contribution in [0, 0.1) is 0 Å². The Morgan fingerprint density at radius 2 is 1.92 bits per heavy atom. The van der Waals surface area contributed by atoms with Gasteiger partial charge in [-0.25, -0.2) is 4.79 Å². The first-order valence-corrected chi connectivity index (χ1v) is 9.86. The Morgan fingerprint density at radius 1 is 1.19 bits per heavy atom. The van der Waals surface area contributed by atoms with Crippen LogP contribution in [0.25, 0.3) is 0 Å². The Balaban J connectivity index is 1.65. The van der Waals surface area contributed by atoms with E-state index in [1.165, 1.54) is 0 Å². The maximum atomic E-state index is 12.7. The summed E-state index contributed by atoms with van der Waals surface area (Å²) in [7, 11) is 2.05. The topological polar surface area (TPSA) is 66.7 Å². The number of amides is 2. The van der Waals surface area contributed by atoms with Gasteiger partial charge in [-0.3, -0.25) is 4.90 Å². The molecule has 0 aliphatic carbocycles. The monoisotopic (exact) mass is 364 g/mol. The lowest BCUT2D eigenvalue weighted by Gasteiger charge is -2.35. The maximum absolute atomic E-state index is 12.7. The van der Waals surface area contributed by atoms with Crippen molar-refractivity contribution in [3.8, 4) is 0 Å². The lowest BCUT2D eigenvalue weighted by atomic mass is 9.97. The highest BCUT2D eigenvalue weighted by Gasteiger charge is 2.30. The predicted octanol–water partition coefficient (Wildman–Crippen LogP) is 1.29. The largest absolute Gasteiger partial charge is 0.379 e. The predicted molar refractivity (Wildman–Crippen MR) is 99.0 cm³/mol. The highest BCUT2D eigenvalue weighted by molar-refractivity contribution is 5.74. The number of ether oxygens (including phenoxy) is 1. The number of nitrogens with zero attached hydrogens (tertiary/aromatic N) is 6. The summed E-state index contributed by atoms with van der Waals surface area (Å²) >= 11 is 0. The van der Waals surface area contributed by atoms with Gasteiger partial charge < -0.3 is 19.1 Å². The molecule has 8 nitrogen and oxygen atoms in total. The van der Waals surface area contributed by atoms with Crippen molar-refractivity contribution in [1.29, 1.82) is 0 Å². The minimum atomic E-state index is 0.149. The van der Waals surface area contributed by atoms with Crippen molar-refractivity contribution in [2.75, 3.05) is 52.5 Å². The number of likely N-dealkylation sites (tertiary alicyclic amines) is 1. The van der Waals surface area contributed by atoms with Crippen LogP contribution < -0.4 is 0 Å². The van der Waals surface area contributed by atoms with E-state index in [1.54, 1.807) is 0 Å². The highest BCUT2D eigenvalue weighted by atomic mass is 16.5. The van der Waals surface area contributed by atoms with E-state index in [1.807, 2.05) is 23.6 Å². The van der Waals surface area contributed by atoms with Gasteiger partial charge in [0.2, 0.25) is 0 Å². The van der Waals surface area contributed by atoms with Crippen molar-refractivity contribution < 1.29 is 9.53 Å². The van der Waals surface area contributed by atoms with Crippen molar-refractivity contribution >= 4 is 6.03 Å². The highest BCUT2D eigenvalue weighted by Crippen LogP contribution is 2.26. The third-order valence-corrected chi connectivity index (χ3v) is 5.56. The molecule has 2 aliphatic heterocycles. The molecule has 0 saturated carbocycles. The normalized spacial score (nSPS) is 21.8. The Morgan fingerprint density at radius 3 is 2.62 bits per heavy atom. The zero-order valence-electron chi connectivity index (χ0n) is 16.4. The molecule has 1 atom stereocenters. The van der Waals surface area contributed by atoms with Crippen LogP contribution in [0.1, 0.15) is 44.3 Å². The minimum Gasteiger partial charge on any atom is -0.379 e. The lowest BCUT2D eigenvalue weighted by Crippen LogP contribution is -2.47. The van der Waals surface area contributed by atoms with Crippen LogP contribution in [0.5, 0.6) is 0 Å². The van der Waals surface area contributed by atoms with Crippen LogP contribution in [-0.4, -0.2) is 88.0 Å². The Hall–Kier alpha value is -1.67. The fourth-order valence-electron chi connectivity index (χ4n) is 3.88. The first-order chi connectivity index (χ1) is 12.6. The second-order valence-corrected chi connectivity index (χ2v) is 7.16. The molecule has 2 aliphatic rings. The van der Waals surface area contributed by atoms with E-state index in [2.05, 4.69) is 26.7 Å². The van der Waals surface area contributed by atoms with Gasteiger partial charge in [0.15, 0.2) is 0 Å². The summed E-state index contributed by atoms with van der Waals surface area (Å²) in [6, 6.07) is 0.149. The molecule has 146 valence electrons. The van der Waals surface area contributed by atoms with E-state index < -0.39 is 0 Å². The molecule has 26 heavy (non-hydrogen) atoms. The molecule has 2 saturated heterocycles. The zero-order chi connectivity index (χ0) is 18.5. The van der Waals surface area contributed by atoms with Crippen LogP contribution in [0.3, 0.4) is 0 Å². The Bertz CT molecular complexity index is 595. The van der Waals surface area contributed by atoms with Crippen LogP contribution in [0.15, 0.2) is 0 Å². The number of hydrogen-bond acceptors (Lipinski definition) is 5. The van der Waals surface area contributed by atoms with Crippen molar-refractivity contribution in [3.05, 3.63) is 11.6 Å². The second-order valence-electron chi connectivity index (χ2n) is 7.16. The SMILES string of the molecule is CCN(CC)C(=O)N1CCC[C@H](c2nnc(CN3CCOCC3)n2C)C1. The third kappa shape index (κ3) is 4.17. The fourth-order valence-corrected chi connectivity index (χ4v) is 3.88. The number of piperidine rings is 1. The number of urea groups is 1. The first kappa shape index (κ1) is 19.1. The molecule has 2 fully saturated rings. The van der Waals surface area contributed by atoms with Gasteiger partial charge in [0, 0.05) is 52.2 Å². The van der Waals surface area contributed by atoms with Crippen molar-refractivity contribution in [3.63, 3.8) is 0 Å². The van der Waals surface area contributed by atoms with Gasteiger partial charge in [-0.1, -0.05) is 0 Å². The average molecular weight is 364 g/mol. The van der Waals surface area contributed by atoms with Crippen LogP contribution in [0.4, 0.5) is 4.79 Å². The molecule has 1 aromatic heterocycles. The maximum Gasteiger partial charge on any atom is 0.320 e. The summed E-state index contributed by atoms with van der Waals surface area (Å²) in [5.74, 6) is 2.26. The molecule has 0 spiro atoms. The van der Waals surface area contributed by atoms with Crippen molar-refractivity contribution in [1.82, 2.24) is 29.5 Å². The number of rotatable bonds is 5. The first-order valence-electron chi connectivity index (χ1n) is 9.86. The lowest BCUT2D eigenvalue weighted by molar-refractivity contribution is 0.0326. The van der Waals surface area contributed by atoms with E-state index >= 15 is 0 Å². The Labute approximate surface area is 156 Å². The molecular formula is C18H32N6O2. The van der Waals surface area contributed by atoms with Gasteiger partial charge in [0.1, 0.15) is 11.6 Å². The quantitative estimate of drug-likeness (QED) is 0.788. The summed E-state index contributed by atoms with van der Waals surface area (Å²) in [5, 5.41) is 8.93. The van der Waals surface area contributed by atoms with E-state index in [0.29, 0.717) is 0 Å². The summed E-state index contributed by atoms with van der Waals surface area (Å²) in [6.45, 7) is 11.4. The molecule has 0 aromatic carbocycles. The second kappa shape index (κ2) is 8.81. The molecular weight excluding hydrogens is 332 g/mol. The van der Waals surface area contributed by atoms with Crippen LogP contribution in [0.2, 0.25) is 0 Å². The summed E-state index contributed by atoms with van der Waals surface area (Å²) in [6.07, 6.45) is 2.08. The molecule has 8 heteroatoms. The van der Waals surface area contributed by atoms with Crippen molar-refractivity contribution in [2.45, 2.75) is 39.2 Å². The number of aromatic nitrogens is 3. The number of hydrogen-bond donors (Lipinski definition) is 0. The van der Waals surface area contributed by atoms with Gasteiger partial charge >= 0.3 is 6.03 Å². The van der Waals surface area contributed by atoms with E-state index in [9.17, 15) is 4.79 Å². The number of carbonyl (C=O) groups excluding carboxylic acids is 1. The molecule has 0 bridgehead atoms. The van der Waals surface area contributed by atoms with Gasteiger partial charge in [0.05, 0.1) is 19.8 Å². The molecule has 2 amide bonds. The van der Waals surface area contributed by atoms with Crippen LogP contribution in [-0.2, 0) is 18.3 Å². The van der Waals surface area contributed by atoms with Gasteiger partial charge in [-0.2, -0.15) is 0 Å². The van der Waals surface area contributed by atoms with E-state index in [0.717, 1.165) is 83.5 Å². The third-order valence-electron chi connectivity index (χ3n) is 5.56. The van der Waals surface area contributed by atoms with Gasteiger partial charge in [0.25, 0.3) is 0 Å². The number of morpholine rings is 1. The fraction of sp³-hybridized carbons (Fsp3) is 0.833. The zero-order valence-corrected chi connectivity index (χ0v) is 16.4. The van der Waals surface area contributed by atoms with E-state index in [-0.39, 0.29) is 11.9 Å². The van der Waals surface area contributed by atoms with Gasteiger partial charge in [-0.15, -0.1) is 10.2 Å². The molecule has 0 unspecified atom stereocenters.